The molecule has 2 aromatic rings. The number of carbonyl (C=O) groups is 2. The first-order valence-corrected chi connectivity index (χ1v) is 15.1. The van der Waals surface area contributed by atoms with Gasteiger partial charge in [0.2, 0.25) is 10.0 Å². The van der Waals surface area contributed by atoms with E-state index in [0.29, 0.717) is 43.7 Å². The van der Waals surface area contributed by atoms with E-state index in [1.165, 1.54) is 23.5 Å². The maximum atomic E-state index is 15.5. The van der Waals surface area contributed by atoms with E-state index in [2.05, 4.69) is 10.3 Å². The molecule has 0 radical (unpaired) electrons. The number of nitrogens with one attached hydrogen (secondary N) is 2. The summed E-state index contributed by atoms with van der Waals surface area (Å²) >= 11 is 0.466. The molecule has 1 fully saturated rings. The van der Waals surface area contributed by atoms with Crippen LogP contribution in [0.2, 0.25) is 0 Å². The predicted octanol–water partition coefficient (Wildman–Crippen LogP) is 4.63. The number of thiazole rings is 1. The Labute approximate surface area is 242 Å². The number of hydrogen-bond donors (Lipinski definition) is 3. The van der Waals surface area contributed by atoms with E-state index in [0.717, 1.165) is 12.5 Å². The highest BCUT2D eigenvalue weighted by Crippen LogP contribution is 2.41. The van der Waals surface area contributed by atoms with Crippen LogP contribution in [0.15, 0.2) is 17.0 Å². The molecule has 0 saturated carbocycles. The van der Waals surface area contributed by atoms with Crippen LogP contribution in [0.25, 0.3) is 10.4 Å². The number of aliphatic hydroxyl groups is 1. The lowest BCUT2D eigenvalue weighted by atomic mass is 10.0. The number of piperidine rings is 1. The summed E-state index contributed by atoms with van der Waals surface area (Å²) < 4.78 is 109. The quantitative estimate of drug-likeness (QED) is 0.342. The van der Waals surface area contributed by atoms with Crippen molar-refractivity contribution in [3.63, 3.8) is 0 Å². The third-order valence-electron chi connectivity index (χ3n) is 6.49. The van der Waals surface area contributed by atoms with Crippen molar-refractivity contribution in [3.05, 3.63) is 34.2 Å². The van der Waals surface area contributed by atoms with Crippen LogP contribution >= 0.6 is 11.3 Å². The van der Waals surface area contributed by atoms with E-state index in [9.17, 15) is 45.1 Å². The summed E-state index contributed by atoms with van der Waals surface area (Å²) in [5.74, 6) is -3.61. The van der Waals surface area contributed by atoms with Crippen LogP contribution in [-0.4, -0.2) is 72.2 Å². The van der Waals surface area contributed by atoms with Crippen molar-refractivity contribution in [1.82, 2.24) is 19.9 Å². The Morgan fingerprint density at radius 1 is 1.21 bits per heavy atom. The third kappa shape index (κ3) is 7.60. The second kappa shape index (κ2) is 12.5. The number of amides is 2. The monoisotopic (exact) mass is 644 g/mol. The SMILES string of the molecule is C[C@H](NS(=O)(=O)c1ccc(-c2sc(C(=O)NCC(C)(C)O)nc2C(=O)N2CCCC[C@@H]2C)c(C(F)F)c1F)C(F)(F)F. The zero-order chi connectivity index (χ0) is 31.8. The van der Waals surface area contributed by atoms with Gasteiger partial charge in [0.1, 0.15) is 16.6 Å². The lowest BCUT2D eigenvalue weighted by Gasteiger charge is -2.33. The normalized spacial score (nSPS) is 17.4. The Morgan fingerprint density at radius 3 is 2.40 bits per heavy atom. The van der Waals surface area contributed by atoms with Crippen LogP contribution in [-0.2, 0) is 10.0 Å². The lowest BCUT2D eigenvalue weighted by Crippen LogP contribution is -2.43. The lowest BCUT2D eigenvalue weighted by molar-refractivity contribution is -0.147. The van der Waals surface area contributed by atoms with Crippen molar-refractivity contribution >= 4 is 33.2 Å². The molecule has 17 heteroatoms. The van der Waals surface area contributed by atoms with Crippen molar-refractivity contribution in [2.45, 2.75) is 82.1 Å². The number of rotatable bonds is 9. The fourth-order valence-corrected chi connectivity index (χ4v) is 6.54. The van der Waals surface area contributed by atoms with Crippen LogP contribution in [0.5, 0.6) is 0 Å². The largest absolute Gasteiger partial charge is 0.404 e. The minimum atomic E-state index is -5.26. The molecule has 1 aromatic carbocycles. The van der Waals surface area contributed by atoms with Crippen LogP contribution in [0.3, 0.4) is 0 Å². The topological polar surface area (TPSA) is 129 Å². The van der Waals surface area contributed by atoms with Crippen molar-refractivity contribution in [2.24, 2.45) is 0 Å². The summed E-state index contributed by atoms with van der Waals surface area (Å²) in [7, 11) is -5.26. The number of sulfonamides is 1. The molecule has 2 amide bonds. The smallest absolute Gasteiger partial charge is 0.389 e. The second-order valence-electron chi connectivity index (χ2n) is 10.6. The third-order valence-corrected chi connectivity index (χ3v) is 9.13. The van der Waals surface area contributed by atoms with Gasteiger partial charge in [-0.15, -0.1) is 11.3 Å². The summed E-state index contributed by atoms with van der Waals surface area (Å²) in [4.78, 5) is 30.1. The number of halogens is 6. The van der Waals surface area contributed by atoms with Gasteiger partial charge in [-0.3, -0.25) is 9.59 Å². The highest BCUT2D eigenvalue weighted by Gasteiger charge is 2.40. The Bertz CT molecular complexity index is 1440. The molecule has 234 valence electrons. The van der Waals surface area contributed by atoms with Crippen LogP contribution < -0.4 is 10.0 Å². The van der Waals surface area contributed by atoms with Crippen LogP contribution in [0, 0.1) is 5.82 Å². The average Bonchev–Trinajstić information content (AvgIpc) is 3.30. The minimum Gasteiger partial charge on any atom is -0.389 e. The molecule has 0 aliphatic carbocycles. The van der Waals surface area contributed by atoms with Crippen LogP contribution in [0.1, 0.15) is 79.2 Å². The summed E-state index contributed by atoms with van der Waals surface area (Å²) in [6, 6.07) is -1.68. The van der Waals surface area contributed by atoms with E-state index in [4.69, 9.17) is 0 Å². The molecule has 1 aliphatic rings. The second-order valence-corrected chi connectivity index (χ2v) is 13.2. The number of benzene rings is 1. The first kappa shape index (κ1) is 33.7. The van der Waals surface area contributed by atoms with E-state index in [1.54, 1.807) is 6.92 Å². The van der Waals surface area contributed by atoms with E-state index < -0.39 is 73.6 Å². The molecule has 0 spiro atoms. The molecular weight excluding hydrogens is 614 g/mol. The molecule has 1 aromatic heterocycles. The average molecular weight is 645 g/mol. The van der Waals surface area contributed by atoms with E-state index in [1.807, 2.05) is 0 Å². The summed E-state index contributed by atoms with van der Waals surface area (Å²) in [6.45, 7) is 5.10. The van der Waals surface area contributed by atoms with Gasteiger partial charge < -0.3 is 15.3 Å². The van der Waals surface area contributed by atoms with Gasteiger partial charge in [-0.1, -0.05) is 6.07 Å². The molecule has 0 unspecified atom stereocenters. The van der Waals surface area contributed by atoms with E-state index >= 15 is 4.39 Å². The summed E-state index contributed by atoms with van der Waals surface area (Å²) in [5, 5.41) is 11.9. The first-order chi connectivity index (χ1) is 19.2. The predicted molar refractivity (Wildman–Crippen MR) is 141 cm³/mol. The Kier molecular flexibility index (Phi) is 10.0. The Morgan fingerprint density at radius 2 is 1.86 bits per heavy atom. The molecule has 0 bridgehead atoms. The van der Waals surface area contributed by atoms with E-state index in [-0.39, 0.29) is 22.5 Å². The van der Waals surface area contributed by atoms with Crippen LogP contribution in [0.4, 0.5) is 26.3 Å². The number of nitrogens with zero attached hydrogens (tertiary/aromatic N) is 2. The summed E-state index contributed by atoms with van der Waals surface area (Å²) in [5.41, 5.74) is -3.94. The summed E-state index contributed by atoms with van der Waals surface area (Å²) in [6.07, 6.45) is -6.61. The number of alkyl halides is 5. The minimum absolute atomic E-state index is 0.236. The number of carbonyl (C=O) groups excluding carboxylic acids is 2. The molecular formula is C25H30F6N4O5S2. The van der Waals surface area contributed by atoms with Gasteiger partial charge in [-0.05, 0) is 53.0 Å². The fraction of sp³-hybridized carbons (Fsp3) is 0.560. The fourth-order valence-electron chi connectivity index (χ4n) is 4.21. The van der Waals surface area contributed by atoms with Gasteiger partial charge in [0.05, 0.1) is 16.0 Å². The van der Waals surface area contributed by atoms with Gasteiger partial charge in [0.15, 0.2) is 10.8 Å². The Hall–Kier alpha value is -2.76. The molecule has 1 saturated heterocycles. The number of hydrogen-bond acceptors (Lipinski definition) is 7. The molecule has 9 nitrogen and oxygen atoms in total. The highest BCUT2D eigenvalue weighted by atomic mass is 32.2. The maximum Gasteiger partial charge on any atom is 0.404 e. The Balaban J connectivity index is 2.18. The zero-order valence-corrected chi connectivity index (χ0v) is 24.6. The van der Waals surface area contributed by atoms with Gasteiger partial charge >= 0.3 is 6.18 Å². The molecule has 1 aliphatic heterocycles. The molecule has 2 atom stereocenters. The highest BCUT2D eigenvalue weighted by molar-refractivity contribution is 7.89. The molecule has 2 heterocycles. The molecule has 3 N–H and O–H groups in total. The van der Waals surface area contributed by atoms with Crippen molar-refractivity contribution < 1.29 is 49.5 Å². The van der Waals surface area contributed by atoms with Crippen molar-refractivity contribution in [1.29, 1.82) is 0 Å². The number of aromatic nitrogens is 1. The molecule has 42 heavy (non-hydrogen) atoms. The number of likely N-dealkylation sites (tertiary alicyclic amines) is 1. The molecule has 3 rings (SSSR count). The maximum absolute atomic E-state index is 15.5. The first-order valence-electron chi connectivity index (χ1n) is 12.8. The zero-order valence-electron chi connectivity index (χ0n) is 23.0. The van der Waals surface area contributed by atoms with Gasteiger partial charge in [-0.2, -0.15) is 17.9 Å². The standard InChI is InChI=1S/C25H30F6N4O5S2/c1-12-7-5-6-10-35(12)23(37)18-19(41-22(33-18)21(36)32-11-24(3,4)38)14-8-9-15(17(26)16(14)20(27)28)42(39,40)34-13(2)25(29,30)31/h8-9,12-13,20,34,38H,5-7,10-11H2,1-4H3,(H,32,36)/t12-,13-/m0/s1. The van der Waals surface area contributed by atoms with Gasteiger partial charge in [0.25, 0.3) is 18.2 Å². The van der Waals surface area contributed by atoms with Gasteiger partial charge in [-0.25, -0.2) is 26.6 Å². The van der Waals surface area contributed by atoms with Crippen molar-refractivity contribution in [3.8, 4) is 10.4 Å². The van der Waals surface area contributed by atoms with Crippen molar-refractivity contribution in [2.75, 3.05) is 13.1 Å². The van der Waals surface area contributed by atoms with Gasteiger partial charge in [0, 0.05) is 24.7 Å².